The first-order valence-electron chi connectivity index (χ1n) is 4.81. The van der Waals surface area contributed by atoms with E-state index in [4.69, 9.17) is 0 Å². The van der Waals surface area contributed by atoms with Gasteiger partial charge in [-0.05, 0) is 18.3 Å². The molecular weight excluding hydrogens is 202 g/mol. The minimum Gasteiger partial charge on any atom is -0.150 e. The molecule has 1 heterocycles. The van der Waals surface area contributed by atoms with Gasteiger partial charge >= 0.3 is 0 Å². The van der Waals surface area contributed by atoms with E-state index in [1.807, 2.05) is 23.5 Å². The van der Waals surface area contributed by atoms with Gasteiger partial charge in [-0.25, -0.2) is 0 Å². The smallest absolute Gasteiger partial charge is 0.116 e. The molecule has 2 fully saturated rings. The molecule has 0 aromatic rings. The summed E-state index contributed by atoms with van der Waals surface area (Å²) in [5.74, 6) is 3.66. The van der Waals surface area contributed by atoms with Gasteiger partial charge in [0.2, 0.25) is 0 Å². The molecule has 4 heteroatoms. The van der Waals surface area contributed by atoms with Crippen LogP contribution in [0.2, 0.25) is 0 Å². The summed E-state index contributed by atoms with van der Waals surface area (Å²) in [6, 6.07) is 0.0509. The monoisotopic (exact) mass is 217 g/mol. The van der Waals surface area contributed by atoms with Crippen molar-refractivity contribution in [1.29, 1.82) is 0 Å². The zero-order valence-corrected chi connectivity index (χ0v) is 9.66. The number of nitroso groups, excluding NO2 is 1. The maximum absolute atomic E-state index is 10.8. The molecule has 1 aliphatic heterocycles. The Bertz CT molecular complexity index is 216. The normalized spacial score (nSPS) is 42.8. The molecule has 3 unspecified atom stereocenters. The highest BCUT2D eigenvalue weighted by atomic mass is 32.2. The summed E-state index contributed by atoms with van der Waals surface area (Å²) < 4.78 is 0.140. The summed E-state index contributed by atoms with van der Waals surface area (Å²) in [5, 5.41) is 3.33. The molecule has 2 rings (SSSR count). The molecule has 0 aromatic carbocycles. The third-order valence-electron chi connectivity index (χ3n) is 3.41. The Morgan fingerprint density at radius 2 is 1.92 bits per heavy atom. The molecule has 0 amide bonds. The lowest BCUT2D eigenvalue weighted by Crippen LogP contribution is -2.32. The molecule has 2 aliphatic rings. The average Bonchev–Trinajstić information content (AvgIpc) is 2.69. The Morgan fingerprint density at radius 3 is 2.46 bits per heavy atom. The van der Waals surface area contributed by atoms with E-state index in [2.05, 4.69) is 19.0 Å². The van der Waals surface area contributed by atoms with Gasteiger partial charge in [0.1, 0.15) is 6.04 Å². The molecule has 74 valence electrons. The van der Waals surface area contributed by atoms with E-state index in [1.165, 1.54) is 11.5 Å². The van der Waals surface area contributed by atoms with Crippen LogP contribution in [0.25, 0.3) is 0 Å². The van der Waals surface area contributed by atoms with Gasteiger partial charge in [-0.15, -0.1) is 23.5 Å². The van der Waals surface area contributed by atoms with Crippen molar-refractivity contribution in [3.8, 4) is 0 Å². The van der Waals surface area contributed by atoms with E-state index in [-0.39, 0.29) is 10.1 Å². The van der Waals surface area contributed by atoms with Crippen molar-refractivity contribution >= 4 is 23.5 Å². The van der Waals surface area contributed by atoms with Gasteiger partial charge < -0.3 is 0 Å². The lowest BCUT2D eigenvalue weighted by molar-refractivity contribution is 0.451. The lowest BCUT2D eigenvalue weighted by atomic mass is 10.0. The quantitative estimate of drug-likeness (QED) is 0.632. The summed E-state index contributed by atoms with van der Waals surface area (Å²) in [4.78, 5) is 10.8. The van der Waals surface area contributed by atoms with Gasteiger partial charge in [0, 0.05) is 11.5 Å². The van der Waals surface area contributed by atoms with Crippen LogP contribution in [0, 0.1) is 16.7 Å². The number of thioether (sulfide) groups is 2. The average molecular weight is 217 g/mol. The highest BCUT2D eigenvalue weighted by Crippen LogP contribution is 2.59. The number of hydrogen-bond donors (Lipinski definition) is 0. The summed E-state index contributed by atoms with van der Waals surface area (Å²) >= 11 is 3.93. The second-order valence-corrected chi connectivity index (χ2v) is 7.04. The molecule has 1 aliphatic carbocycles. The molecular formula is C9H15NOS2. The van der Waals surface area contributed by atoms with E-state index in [0.29, 0.717) is 11.8 Å². The minimum atomic E-state index is 0.0509. The molecule has 0 N–H and O–H groups in total. The maximum Gasteiger partial charge on any atom is 0.116 e. The van der Waals surface area contributed by atoms with Crippen molar-refractivity contribution in [3.63, 3.8) is 0 Å². The first-order chi connectivity index (χ1) is 6.20. The Balaban J connectivity index is 2.26. The van der Waals surface area contributed by atoms with Gasteiger partial charge in [0.05, 0.1) is 4.08 Å². The molecule has 1 saturated carbocycles. The van der Waals surface area contributed by atoms with E-state index in [1.54, 1.807) is 0 Å². The van der Waals surface area contributed by atoms with Crippen LogP contribution < -0.4 is 0 Å². The Hall–Kier alpha value is 0.300. The van der Waals surface area contributed by atoms with Crippen LogP contribution in [-0.2, 0) is 0 Å². The number of hydrogen-bond acceptors (Lipinski definition) is 4. The maximum atomic E-state index is 10.8. The lowest BCUT2D eigenvalue weighted by Gasteiger charge is -2.30. The van der Waals surface area contributed by atoms with Crippen LogP contribution in [0.5, 0.6) is 0 Å². The van der Waals surface area contributed by atoms with Crippen molar-refractivity contribution < 1.29 is 0 Å². The second kappa shape index (κ2) is 3.46. The van der Waals surface area contributed by atoms with Crippen LogP contribution in [0.4, 0.5) is 0 Å². The van der Waals surface area contributed by atoms with E-state index in [0.717, 1.165) is 6.42 Å². The fourth-order valence-electron chi connectivity index (χ4n) is 2.44. The van der Waals surface area contributed by atoms with Crippen LogP contribution in [0.1, 0.15) is 20.3 Å². The summed E-state index contributed by atoms with van der Waals surface area (Å²) in [7, 11) is 0. The van der Waals surface area contributed by atoms with Crippen LogP contribution in [0.3, 0.4) is 0 Å². The third-order valence-corrected chi connectivity index (χ3v) is 7.39. The van der Waals surface area contributed by atoms with Crippen molar-refractivity contribution in [3.05, 3.63) is 4.91 Å². The Morgan fingerprint density at radius 1 is 1.31 bits per heavy atom. The predicted molar refractivity (Wildman–Crippen MR) is 60.2 cm³/mol. The highest BCUT2D eigenvalue weighted by Gasteiger charge is 2.55. The fourth-order valence-corrected chi connectivity index (χ4v) is 6.23. The standard InChI is InChI=1S/C9H15NOS2/c1-6-5-8(10-11)9(7(6)2)12-3-4-13-9/h6-8H,3-5H2,1-2H3. The van der Waals surface area contributed by atoms with E-state index in [9.17, 15) is 4.91 Å². The van der Waals surface area contributed by atoms with E-state index < -0.39 is 0 Å². The molecule has 0 radical (unpaired) electrons. The zero-order chi connectivity index (χ0) is 9.47. The van der Waals surface area contributed by atoms with Crippen LogP contribution in [-0.4, -0.2) is 21.6 Å². The first-order valence-corrected chi connectivity index (χ1v) is 6.78. The largest absolute Gasteiger partial charge is 0.150 e. The second-order valence-electron chi connectivity index (χ2n) is 4.04. The summed E-state index contributed by atoms with van der Waals surface area (Å²) in [6.07, 6.45) is 0.991. The number of rotatable bonds is 1. The summed E-state index contributed by atoms with van der Waals surface area (Å²) in [6.45, 7) is 4.53. The minimum absolute atomic E-state index is 0.0509. The fraction of sp³-hybridized carbons (Fsp3) is 1.00. The van der Waals surface area contributed by atoms with Crippen molar-refractivity contribution in [2.75, 3.05) is 11.5 Å². The van der Waals surface area contributed by atoms with Gasteiger partial charge in [-0.3, -0.25) is 0 Å². The molecule has 1 spiro atoms. The third kappa shape index (κ3) is 1.33. The van der Waals surface area contributed by atoms with Crippen molar-refractivity contribution in [2.45, 2.75) is 30.4 Å². The van der Waals surface area contributed by atoms with Crippen LogP contribution in [0.15, 0.2) is 5.18 Å². The van der Waals surface area contributed by atoms with Crippen molar-refractivity contribution in [1.82, 2.24) is 0 Å². The predicted octanol–water partition coefficient (Wildman–Crippen LogP) is 2.97. The molecule has 2 nitrogen and oxygen atoms in total. The van der Waals surface area contributed by atoms with Crippen molar-refractivity contribution in [2.24, 2.45) is 17.0 Å². The Kier molecular flexibility index (Phi) is 2.62. The number of nitrogens with zero attached hydrogens (tertiary/aromatic N) is 1. The van der Waals surface area contributed by atoms with E-state index >= 15 is 0 Å². The van der Waals surface area contributed by atoms with Gasteiger partial charge in [0.25, 0.3) is 0 Å². The van der Waals surface area contributed by atoms with Crippen LogP contribution >= 0.6 is 23.5 Å². The SMILES string of the molecule is CC1CC(N=O)C2(SCCS2)C1C. The van der Waals surface area contributed by atoms with Gasteiger partial charge in [-0.2, -0.15) is 4.91 Å². The molecule has 3 atom stereocenters. The molecule has 0 aromatic heterocycles. The van der Waals surface area contributed by atoms with Gasteiger partial charge in [-0.1, -0.05) is 19.0 Å². The topological polar surface area (TPSA) is 29.4 Å². The molecule has 13 heavy (non-hydrogen) atoms. The molecule has 1 saturated heterocycles. The first kappa shape index (κ1) is 9.84. The Labute approximate surface area is 87.6 Å². The molecule has 0 bridgehead atoms. The zero-order valence-electron chi connectivity index (χ0n) is 8.03. The van der Waals surface area contributed by atoms with Gasteiger partial charge in [0.15, 0.2) is 0 Å². The highest BCUT2D eigenvalue weighted by molar-refractivity contribution is 8.21. The summed E-state index contributed by atoms with van der Waals surface area (Å²) in [5.41, 5.74) is 0.